The van der Waals surface area contributed by atoms with Gasteiger partial charge in [-0.1, -0.05) is 12.1 Å². The number of amides is 1. The fraction of sp³-hybridized carbons (Fsp3) is 0.273. The molecule has 0 radical (unpaired) electrons. The molecular formula is C22H24N2O5. The van der Waals surface area contributed by atoms with E-state index in [1.54, 1.807) is 24.3 Å². The van der Waals surface area contributed by atoms with E-state index in [1.807, 2.05) is 43.3 Å². The van der Waals surface area contributed by atoms with Crippen LogP contribution in [0.3, 0.4) is 0 Å². The number of carbonyl (C=O) groups is 2. The Morgan fingerprint density at radius 1 is 1.07 bits per heavy atom. The molecule has 7 nitrogen and oxygen atoms in total. The van der Waals surface area contributed by atoms with E-state index in [4.69, 9.17) is 4.74 Å². The summed E-state index contributed by atoms with van der Waals surface area (Å²) in [6.45, 7) is -0.300. The van der Waals surface area contributed by atoms with Gasteiger partial charge in [0, 0.05) is 31.9 Å². The van der Waals surface area contributed by atoms with E-state index in [1.165, 1.54) is 12.0 Å². The van der Waals surface area contributed by atoms with Gasteiger partial charge in [-0.25, -0.2) is 0 Å². The van der Waals surface area contributed by atoms with Crippen LogP contribution in [0.15, 0.2) is 54.1 Å². The van der Waals surface area contributed by atoms with Gasteiger partial charge < -0.3 is 24.7 Å². The number of likely N-dealkylation sites (tertiary alicyclic amines) is 1. The molecule has 1 fully saturated rings. The zero-order chi connectivity index (χ0) is 21.1. The molecule has 1 atom stereocenters. The molecule has 0 bridgehead atoms. The lowest BCUT2D eigenvalue weighted by atomic mass is 9.95. The smallest absolute Gasteiger partial charge is 0.295 e. The predicted molar refractivity (Wildman–Crippen MR) is 110 cm³/mol. The molecule has 2 N–H and O–H groups in total. The molecule has 1 aliphatic heterocycles. The van der Waals surface area contributed by atoms with Crippen LogP contribution < -0.4 is 9.64 Å². The van der Waals surface area contributed by atoms with Gasteiger partial charge in [0.2, 0.25) is 0 Å². The number of rotatable bonds is 6. The minimum Gasteiger partial charge on any atom is -0.507 e. The largest absolute Gasteiger partial charge is 0.507 e. The average Bonchev–Trinajstić information content (AvgIpc) is 2.98. The third kappa shape index (κ3) is 3.82. The second kappa shape index (κ2) is 8.36. The van der Waals surface area contributed by atoms with Crippen LogP contribution in [-0.2, 0) is 9.59 Å². The lowest BCUT2D eigenvalue weighted by Crippen LogP contribution is -2.32. The molecule has 1 heterocycles. The highest BCUT2D eigenvalue weighted by Crippen LogP contribution is 2.39. The Hall–Kier alpha value is -3.32. The van der Waals surface area contributed by atoms with Crippen molar-refractivity contribution < 1.29 is 24.5 Å². The molecule has 1 amide bonds. The number of methoxy groups -OCH3 is 1. The summed E-state index contributed by atoms with van der Waals surface area (Å²) in [5.74, 6) is -1.16. The SMILES string of the molecule is COc1ccc(C(O)=C2C(=O)C(=O)N(CCO)C2c2ccc(N(C)C)cc2)cc1. The maximum Gasteiger partial charge on any atom is 0.295 e. The van der Waals surface area contributed by atoms with E-state index >= 15 is 0 Å². The molecule has 152 valence electrons. The summed E-state index contributed by atoms with van der Waals surface area (Å²) in [6.07, 6.45) is 0. The van der Waals surface area contributed by atoms with Gasteiger partial charge >= 0.3 is 0 Å². The molecule has 0 aromatic heterocycles. The van der Waals surface area contributed by atoms with Crippen LogP contribution in [0.25, 0.3) is 5.76 Å². The van der Waals surface area contributed by atoms with Gasteiger partial charge in [-0.3, -0.25) is 9.59 Å². The maximum atomic E-state index is 12.8. The van der Waals surface area contributed by atoms with Crippen LogP contribution in [0, 0.1) is 0 Å². The van der Waals surface area contributed by atoms with Crippen molar-refractivity contribution in [1.82, 2.24) is 4.90 Å². The zero-order valence-electron chi connectivity index (χ0n) is 16.6. The molecule has 1 unspecified atom stereocenters. The van der Waals surface area contributed by atoms with Crippen molar-refractivity contribution in [3.05, 3.63) is 65.2 Å². The Kier molecular flexibility index (Phi) is 5.89. The number of anilines is 1. The highest BCUT2D eigenvalue weighted by molar-refractivity contribution is 6.46. The summed E-state index contributed by atoms with van der Waals surface area (Å²) in [4.78, 5) is 28.6. The molecule has 1 aliphatic rings. The monoisotopic (exact) mass is 396 g/mol. The van der Waals surface area contributed by atoms with E-state index in [-0.39, 0.29) is 24.5 Å². The van der Waals surface area contributed by atoms with Gasteiger partial charge in [-0.05, 0) is 42.0 Å². The molecule has 7 heteroatoms. The Morgan fingerprint density at radius 3 is 2.21 bits per heavy atom. The first-order valence-electron chi connectivity index (χ1n) is 9.20. The van der Waals surface area contributed by atoms with Gasteiger partial charge in [0.1, 0.15) is 11.5 Å². The summed E-state index contributed by atoms with van der Waals surface area (Å²) < 4.78 is 5.12. The molecule has 0 saturated carbocycles. The second-order valence-electron chi connectivity index (χ2n) is 6.93. The van der Waals surface area contributed by atoms with E-state index in [0.717, 1.165) is 5.69 Å². The quantitative estimate of drug-likeness (QED) is 0.442. The van der Waals surface area contributed by atoms with Crippen LogP contribution in [0.1, 0.15) is 17.2 Å². The number of benzene rings is 2. The van der Waals surface area contributed by atoms with Gasteiger partial charge in [0.05, 0.1) is 25.3 Å². The number of hydrogen-bond donors (Lipinski definition) is 2. The van der Waals surface area contributed by atoms with Crippen LogP contribution >= 0.6 is 0 Å². The molecule has 2 aromatic carbocycles. The predicted octanol–water partition coefficient (Wildman–Crippen LogP) is 2.18. The molecule has 0 spiro atoms. The first-order valence-corrected chi connectivity index (χ1v) is 9.20. The summed E-state index contributed by atoms with van der Waals surface area (Å²) in [5, 5.41) is 20.3. The van der Waals surface area contributed by atoms with E-state index in [2.05, 4.69) is 0 Å². The molecule has 29 heavy (non-hydrogen) atoms. The highest BCUT2D eigenvalue weighted by Gasteiger charge is 2.45. The average molecular weight is 396 g/mol. The number of β-amino-alcohol motifs (C(OH)–C–C–N with tert-alkyl or cyclic N) is 1. The van der Waals surface area contributed by atoms with Crippen LogP contribution in [-0.4, -0.2) is 61.2 Å². The molecule has 3 rings (SSSR count). The second-order valence-corrected chi connectivity index (χ2v) is 6.93. The summed E-state index contributed by atoms with van der Waals surface area (Å²) in [5.41, 5.74) is 2.05. The van der Waals surface area contributed by atoms with Crippen molar-refractivity contribution in [3.63, 3.8) is 0 Å². The molecule has 0 aliphatic carbocycles. The topological polar surface area (TPSA) is 90.3 Å². The van der Waals surface area contributed by atoms with Gasteiger partial charge in [0.25, 0.3) is 11.7 Å². The lowest BCUT2D eigenvalue weighted by Gasteiger charge is -2.25. The fourth-order valence-corrected chi connectivity index (χ4v) is 3.42. The van der Waals surface area contributed by atoms with Crippen molar-refractivity contribution in [2.75, 3.05) is 39.3 Å². The number of hydrogen-bond acceptors (Lipinski definition) is 6. The van der Waals surface area contributed by atoms with Crippen LogP contribution in [0.4, 0.5) is 5.69 Å². The summed E-state index contributed by atoms with van der Waals surface area (Å²) >= 11 is 0. The first kappa shape index (κ1) is 20.4. The number of ether oxygens (including phenoxy) is 1. The van der Waals surface area contributed by atoms with E-state index < -0.39 is 17.7 Å². The van der Waals surface area contributed by atoms with E-state index in [0.29, 0.717) is 16.9 Å². The zero-order valence-corrected chi connectivity index (χ0v) is 16.6. The van der Waals surface area contributed by atoms with E-state index in [9.17, 15) is 19.8 Å². The summed E-state index contributed by atoms with van der Waals surface area (Å²) in [7, 11) is 5.36. The Bertz CT molecular complexity index is 933. The third-order valence-corrected chi connectivity index (χ3v) is 4.97. The third-order valence-electron chi connectivity index (χ3n) is 4.97. The lowest BCUT2D eigenvalue weighted by molar-refractivity contribution is -0.140. The minimum atomic E-state index is -0.777. The number of nitrogens with zero attached hydrogens (tertiary/aromatic N) is 2. The molecule has 2 aromatic rings. The fourth-order valence-electron chi connectivity index (χ4n) is 3.42. The number of ketones is 1. The minimum absolute atomic E-state index is 0.00576. The summed E-state index contributed by atoms with van der Waals surface area (Å²) in [6, 6.07) is 13.2. The van der Waals surface area contributed by atoms with Crippen molar-refractivity contribution in [2.24, 2.45) is 0 Å². The van der Waals surface area contributed by atoms with Crippen molar-refractivity contribution in [1.29, 1.82) is 0 Å². The van der Waals surface area contributed by atoms with Crippen molar-refractivity contribution in [3.8, 4) is 5.75 Å². The molecule has 1 saturated heterocycles. The standard InChI is InChI=1S/C22H24N2O5/c1-23(2)16-8-4-14(5-9-16)19-18(21(27)22(28)24(19)12-13-25)20(26)15-6-10-17(29-3)11-7-15/h4-11,19,25-26H,12-13H2,1-3H3. The Morgan fingerprint density at radius 2 is 1.69 bits per heavy atom. The number of Topliss-reactive ketones (excluding diaryl/α,β-unsaturated/α-hetero) is 1. The number of aliphatic hydroxyl groups excluding tert-OH is 2. The van der Waals surface area contributed by atoms with Gasteiger partial charge in [0.15, 0.2) is 0 Å². The maximum absolute atomic E-state index is 12.8. The van der Waals surface area contributed by atoms with Crippen molar-refractivity contribution >= 4 is 23.1 Å². The van der Waals surface area contributed by atoms with Crippen LogP contribution in [0.2, 0.25) is 0 Å². The first-order chi connectivity index (χ1) is 13.9. The Labute approximate surface area is 169 Å². The highest BCUT2D eigenvalue weighted by atomic mass is 16.5. The number of carbonyl (C=O) groups excluding carboxylic acids is 2. The normalized spacial score (nSPS) is 18.2. The van der Waals surface area contributed by atoms with Crippen LogP contribution in [0.5, 0.6) is 5.75 Å². The Balaban J connectivity index is 2.12. The van der Waals surface area contributed by atoms with Crippen molar-refractivity contribution in [2.45, 2.75) is 6.04 Å². The van der Waals surface area contributed by atoms with Gasteiger partial charge in [-0.2, -0.15) is 0 Å². The number of aliphatic hydroxyl groups is 2. The van der Waals surface area contributed by atoms with Gasteiger partial charge in [-0.15, -0.1) is 0 Å². The molecular weight excluding hydrogens is 372 g/mol.